The van der Waals surface area contributed by atoms with Gasteiger partial charge in [0.05, 0.1) is 0 Å². The second-order valence-electron chi connectivity index (χ2n) is 3.64. The number of nitrogens with one attached hydrogen (secondary N) is 2. The highest BCUT2D eigenvalue weighted by molar-refractivity contribution is 5.95. The second kappa shape index (κ2) is 5.08. The molecular weight excluding hydrogens is 186 g/mol. The van der Waals surface area contributed by atoms with Gasteiger partial charge in [-0.05, 0) is 26.3 Å². The summed E-state index contributed by atoms with van der Waals surface area (Å²) >= 11 is 0. The van der Waals surface area contributed by atoms with Crippen LogP contribution in [0.5, 0.6) is 0 Å². The smallest absolute Gasteiger partial charge is 0.321 e. The lowest BCUT2D eigenvalue weighted by Gasteiger charge is -2.20. The lowest BCUT2D eigenvalue weighted by Crippen LogP contribution is -2.48. The zero-order valence-corrected chi connectivity index (χ0v) is 8.37. The van der Waals surface area contributed by atoms with E-state index >= 15 is 0 Å². The molecule has 0 aromatic heterocycles. The fourth-order valence-electron chi connectivity index (χ4n) is 0.634. The van der Waals surface area contributed by atoms with Gasteiger partial charge < -0.3 is 5.32 Å². The van der Waals surface area contributed by atoms with Crippen LogP contribution in [0.4, 0.5) is 4.79 Å². The number of nitrogens with zero attached hydrogens (tertiary/aromatic N) is 3. The lowest BCUT2D eigenvalue weighted by molar-refractivity contribution is -0.118. The number of imide groups is 1. The molecule has 0 fully saturated rings. The molecule has 0 radical (unpaired) electrons. The first-order chi connectivity index (χ1) is 6.35. The molecule has 7 nitrogen and oxygen atoms in total. The van der Waals surface area contributed by atoms with Crippen molar-refractivity contribution in [2.45, 2.75) is 26.3 Å². The summed E-state index contributed by atoms with van der Waals surface area (Å²) in [5.41, 5.74) is 7.50. The van der Waals surface area contributed by atoms with Gasteiger partial charge in [0.15, 0.2) is 0 Å². The van der Waals surface area contributed by atoms with Gasteiger partial charge in [0, 0.05) is 10.5 Å². The van der Waals surface area contributed by atoms with E-state index in [4.69, 9.17) is 5.53 Å². The highest BCUT2D eigenvalue weighted by Crippen LogP contribution is 1.97. The first-order valence-electron chi connectivity index (χ1n) is 3.98. The van der Waals surface area contributed by atoms with Gasteiger partial charge in [0.2, 0.25) is 5.91 Å². The maximum Gasteiger partial charge on any atom is 0.321 e. The third-order valence-electron chi connectivity index (χ3n) is 1.02. The van der Waals surface area contributed by atoms with Crippen LogP contribution < -0.4 is 10.6 Å². The van der Waals surface area contributed by atoms with Gasteiger partial charge in [0.25, 0.3) is 0 Å². The molecule has 0 aromatic carbocycles. The molecule has 0 aromatic rings. The van der Waals surface area contributed by atoms with Crippen molar-refractivity contribution in [2.24, 2.45) is 5.11 Å². The van der Waals surface area contributed by atoms with Crippen LogP contribution in [0.15, 0.2) is 5.11 Å². The van der Waals surface area contributed by atoms with E-state index in [1.54, 1.807) is 20.8 Å². The molecule has 7 heteroatoms. The highest BCUT2D eigenvalue weighted by atomic mass is 16.2. The number of hydrogen-bond donors (Lipinski definition) is 2. The Balaban J connectivity index is 3.95. The zero-order valence-electron chi connectivity index (χ0n) is 8.37. The molecule has 0 heterocycles. The van der Waals surface area contributed by atoms with Crippen molar-refractivity contribution >= 4 is 11.9 Å². The summed E-state index contributed by atoms with van der Waals surface area (Å²) in [7, 11) is 0. The minimum Gasteiger partial charge on any atom is -0.333 e. The van der Waals surface area contributed by atoms with Crippen molar-refractivity contribution in [3.8, 4) is 0 Å². The van der Waals surface area contributed by atoms with Crippen molar-refractivity contribution in [1.82, 2.24) is 10.6 Å². The van der Waals surface area contributed by atoms with Crippen LogP contribution in [0, 0.1) is 0 Å². The van der Waals surface area contributed by atoms with Gasteiger partial charge in [-0.2, -0.15) is 0 Å². The van der Waals surface area contributed by atoms with Gasteiger partial charge in [-0.1, -0.05) is 5.11 Å². The summed E-state index contributed by atoms with van der Waals surface area (Å²) in [5, 5.41) is 7.55. The topological polar surface area (TPSA) is 107 Å². The van der Waals surface area contributed by atoms with E-state index in [0.717, 1.165) is 0 Å². The Morgan fingerprint density at radius 3 is 2.43 bits per heavy atom. The van der Waals surface area contributed by atoms with Crippen molar-refractivity contribution in [2.75, 3.05) is 6.54 Å². The average molecular weight is 199 g/mol. The fraction of sp³-hybridized carbons (Fsp3) is 0.714. The van der Waals surface area contributed by atoms with E-state index in [9.17, 15) is 9.59 Å². The Hall–Kier alpha value is -1.75. The van der Waals surface area contributed by atoms with Crippen molar-refractivity contribution in [3.63, 3.8) is 0 Å². The van der Waals surface area contributed by atoms with Crippen molar-refractivity contribution in [1.29, 1.82) is 0 Å². The SMILES string of the molecule is CC(C)(C)NC(=O)NC(=O)CN=[N+]=[N-]. The Labute approximate surface area is 81.5 Å². The molecule has 14 heavy (non-hydrogen) atoms. The van der Waals surface area contributed by atoms with Crippen LogP contribution in [-0.4, -0.2) is 24.0 Å². The Kier molecular flexibility index (Phi) is 4.45. The van der Waals surface area contributed by atoms with Crippen LogP contribution in [-0.2, 0) is 4.79 Å². The monoisotopic (exact) mass is 199 g/mol. The summed E-state index contributed by atoms with van der Waals surface area (Å²) in [6, 6.07) is -0.601. The lowest BCUT2D eigenvalue weighted by atomic mass is 10.1. The van der Waals surface area contributed by atoms with E-state index in [2.05, 4.69) is 15.3 Å². The largest absolute Gasteiger partial charge is 0.333 e. The molecule has 0 spiro atoms. The second-order valence-corrected chi connectivity index (χ2v) is 3.64. The van der Waals surface area contributed by atoms with E-state index in [-0.39, 0.29) is 6.54 Å². The zero-order chi connectivity index (χ0) is 11.2. The Bertz CT molecular complexity index is 274. The molecule has 0 rings (SSSR count). The van der Waals surface area contributed by atoms with E-state index in [0.29, 0.717) is 0 Å². The number of amides is 3. The molecule has 0 aliphatic carbocycles. The molecule has 0 aliphatic rings. The molecule has 0 bridgehead atoms. The number of carbonyl (C=O) groups is 2. The van der Waals surface area contributed by atoms with E-state index in [1.807, 2.05) is 5.32 Å². The summed E-state index contributed by atoms with van der Waals surface area (Å²) < 4.78 is 0. The highest BCUT2D eigenvalue weighted by Gasteiger charge is 2.14. The van der Waals surface area contributed by atoms with Crippen LogP contribution >= 0.6 is 0 Å². The minimum atomic E-state index is -0.635. The van der Waals surface area contributed by atoms with Gasteiger partial charge in [-0.25, -0.2) is 4.79 Å². The summed E-state index contributed by atoms with van der Waals surface area (Å²) in [6.07, 6.45) is 0. The van der Waals surface area contributed by atoms with Crippen LogP contribution in [0.2, 0.25) is 0 Å². The van der Waals surface area contributed by atoms with Crippen LogP contribution in [0.1, 0.15) is 20.8 Å². The van der Waals surface area contributed by atoms with Gasteiger partial charge in [-0.3, -0.25) is 10.1 Å². The number of carbonyl (C=O) groups excluding carboxylic acids is 2. The predicted octanol–water partition coefficient (Wildman–Crippen LogP) is 0.921. The molecule has 78 valence electrons. The van der Waals surface area contributed by atoms with E-state index in [1.165, 1.54) is 0 Å². The number of rotatable bonds is 2. The third-order valence-corrected chi connectivity index (χ3v) is 1.02. The van der Waals surface area contributed by atoms with Crippen molar-refractivity contribution in [3.05, 3.63) is 10.4 Å². The molecule has 0 saturated heterocycles. The Morgan fingerprint density at radius 1 is 1.43 bits per heavy atom. The molecule has 3 amide bonds. The molecule has 0 saturated carbocycles. The maximum absolute atomic E-state index is 11.1. The molecule has 0 atom stereocenters. The minimum absolute atomic E-state index is 0.381. The van der Waals surface area contributed by atoms with Gasteiger partial charge in [-0.15, -0.1) is 0 Å². The Morgan fingerprint density at radius 2 is 2.00 bits per heavy atom. The summed E-state index contributed by atoms with van der Waals surface area (Å²) in [5.74, 6) is -0.635. The fourth-order valence-corrected chi connectivity index (χ4v) is 0.634. The molecule has 0 unspecified atom stereocenters. The van der Waals surface area contributed by atoms with Gasteiger partial charge >= 0.3 is 6.03 Å². The molecule has 2 N–H and O–H groups in total. The summed E-state index contributed by atoms with van der Waals surface area (Å²) in [4.78, 5) is 24.3. The van der Waals surface area contributed by atoms with Crippen molar-refractivity contribution < 1.29 is 9.59 Å². The summed E-state index contributed by atoms with van der Waals surface area (Å²) in [6.45, 7) is 4.97. The third kappa shape index (κ3) is 6.93. The number of hydrogen-bond acceptors (Lipinski definition) is 3. The van der Waals surface area contributed by atoms with Crippen LogP contribution in [0.25, 0.3) is 10.4 Å². The van der Waals surface area contributed by atoms with E-state index < -0.39 is 17.5 Å². The quantitative estimate of drug-likeness (QED) is 0.392. The van der Waals surface area contributed by atoms with Crippen LogP contribution in [0.3, 0.4) is 0 Å². The normalized spacial score (nSPS) is 9.93. The predicted molar refractivity (Wildman–Crippen MR) is 50.4 cm³/mol. The number of azide groups is 1. The molecular formula is C7H13N5O2. The van der Waals surface area contributed by atoms with Gasteiger partial charge in [0.1, 0.15) is 6.54 Å². The maximum atomic E-state index is 11.1. The first kappa shape index (κ1) is 12.2. The molecule has 0 aliphatic heterocycles. The first-order valence-corrected chi connectivity index (χ1v) is 3.98. The number of urea groups is 1. The average Bonchev–Trinajstić information content (AvgIpc) is 1.96. The standard InChI is InChI=1S/C7H13N5O2/c1-7(2,3)11-6(14)10-5(13)4-9-12-8/h4H2,1-3H3,(H2,10,11,13,14).